The van der Waals surface area contributed by atoms with Crippen molar-refractivity contribution < 1.29 is 14.3 Å². The molecule has 1 amide bonds. The van der Waals surface area contributed by atoms with Gasteiger partial charge in [-0.05, 0) is 29.8 Å². The number of nitrogens with two attached hydrogens (primary N) is 1. The van der Waals surface area contributed by atoms with Crippen LogP contribution >= 0.6 is 0 Å². The molecule has 110 valence electrons. The molecule has 2 rings (SSSR count). The van der Waals surface area contributed by atoms with Crippen LogP contribution in [-0.4, -0.2) is 20.1 Å². The summed E-state index contributed by atoms with van der Waals surface area (Å²) in [6, 6.07) is 12.5. The van der Waals surface area contributed by atoms with Crippen molar-refractivity contribution in [2.45, 2.75) is 6.54 Å². The van der Waals surface area contributed by atoms with Gasteiger partial charge in [-0.15, -0.1) is 0 Å². The molecule has 0 bridgehead atoms. The highest BCUT2D eigenvalue weighted by Gasteiger charge is 2.15. The fraction of sp³-hybridized carbons (Fsp3) is 0.188. The molecule has 5 nitrogen and oxygen atoms in total. The first-order valence-electron chi connectivity index (χ1n) is 6.49. The van der Waals surface area contributed by atoms with Crippen LogP contribution in [0.25, 0.3) is 0 Å². The molecule has 2 aromatic carbocycles. The number of carbonyl (C=O) groups is 1. The van der Waals surface area contributed by atoms with E-state index in [2.05, 4.69) is 5.32 Å². The van der Waals surface area contributed by atoms with Gasteiger partial charge in [0.1, 0.15) is 0 Å². The van der Waals surface area contributed by atoms with E-state index in [0.717, 1.165) is 5.56 Å². The van der Waals surface area contributed by atoms with Gasteiger partial charge in [-0.2, -0.15) is 0 Å². The number of nitrogens with one attached hydrogen (secondary N) is 1. The van der Waals surface area contributed by atoms with E-state index in [-0.39, 0.29) is 5.91 Å². The lowest BCUT2D eigenvalue weighted by Crippen LogP contribution is -2.23. The third-order valence-corrected chi connectivity index (χ3v) is 3.08. The molecule has 0 heterocycles. The van der Waals surface area contributed by atoms with Gasteiger partial charge in [-0.1, -0.05) is 18.2 Å². The Morgan fingerprint density at radius 3 is 2.43 bits per heavy atom. The second-order valence-corrected chi connectivity index (χ2v) is 4.47. The molecular weight excluding hydrogens is 268 g/mol. The number of ether oxygens (including phenoxy) is 2. The van der Waals surface area contributed by atoms with E-state index in [9.17, 15) is 4.79 Å². The zero-order chi connectivity index (χ0) is 15.2. The van der Waals surface area contributed by atoms with Crippen LogP contribution in [0.3, 0.4) is 0 Å². The average Bonchev–Trinajstić information content (AvgIpc) is 2.53. The minimum atomic E-state index is -0.220. The lowest BCUT2D eigenvalue weighted by Gasteiger charge is -2.12. The van der Waals surface area contributed by atoms with Gasteiger partial charge in [0.2, 0.25) is 0 Å². The topological polar surface area (TPSA) is 73.6 Å². The van der Waals surface area contributed by atoms with Gasteiger partial charge < -0.3 is 20.5 Å². The Morgan fingerprint density at radius 1 is 1.10 bits per heavy atom. The standard InChI is InChI=1S/C16H18N2O3/c1-20-14-5-3-4-13(15(14)21-2)16(19)18-10-11-6-8-12(17)9-7-11/h3-9H,10,17H2,1-2H3,(H,18,19). The van der Waals surface area contributed by atoms with Crippen LogP contribution in [0.5, 0.6) is 11.5 Å². The molecule has 5 heteroatoms. The number of anilines is 1. The quantitative estimate of drug-likeness (QED) is 0.827. The number of benzene rings is 2. The summed E-state index contributed by atoms with van der Waals surface area (Å²) in [5.74, 6) is 0.731. The fourth-order valence-electron chi connectivity index (χ4n) is 1.98. The fourth-order valence-corrected chi connectivity index (χ4v) is 1.98. The molecule has 3 N–H and O–H groups in total. The molecule has 0 atom stereocenters. The van der Waals surface area contributed by atoms with E-state index in [1.54, 1.807) is 30.3 Å². The third-order valence-electron chi connectivity index (χ3n) is 3.08. The van der Waals surface area contributed by atoms with E-state index in [0.29, 0.717) is 29.3 Å². The minimum Gasteiger partial charge on any atom is -0.493 e. The predicted molar refractivity (Wildman–Crippen MR) is 81.6 cm³/mol. The summed E-state index contributed by atoms with van der Waals surface area (Å²) < 4.78 is 10.4. The van der Waals surface area contributed by atoms with E-state index < -0.39 is 0 Å². The Morgan fingerprint density at radius 2 is 1.81 bits per heavy atom. The number of hydrogen-bond acceptors (Lipinski definition) is 4. The second kappa shape index (κ2) is 6.65. The maximum atomic E-state index is 12.3. The number of hydrogen-bond donors (Lipinski definition) is 2. The van der Waals surface area contributed by atoms with Crippen molar-refractivity contribution in [3.8, 4) is 11.5 Å². The minimum absolute atomic E-state index is 0.220. The highest BCUT2D eigenvalue weighted by molar-refractivity contribution is 5.97. The van der Waals surface area contributed by atoms with Crippen molar-refractivity contribution in [2.75, 3.05) is 20.0 Å². The van der Waals surface area contributed by atoms with Crippen molar-refractivity contribution in [3.05, 3.63) is 53.6 Å². The van der Waals surface area contributed by atoms with Crippen LogP contribution in [0.4, 0.5) is 5.69 Å². The number of carbonyl (C=O) groups excluding carboxylic acids is 1. The van der Waals surface area contributed by atoms with Crippen molar-refractivity contribution in [3.63, 3.8) is 0 Å². The SMILES string of the molecule is COc1cccc(C(=O)NCc2ccc(N)cc2)c1OC. The zero-order valence-corrected chi connectivity index (χ0v) is 12.1. The average molecular weight is 286 g/mol. The number of amides is 1. The van der Waals surface area contributed by atoms with Gasteiger partial charge in [-0.25, -0.2) is 0 Å². The molecule has 21 heavy (non-hydrogen) atoms. The molecular formula is C16H18N2O3. The van der Waals surface area contributed by atoms with Crippen molar-refractivity contribution in [2.24, 2.45) is 0 Å². The highest BCUT2D eigenvalue weighted by atomic mass is 16.5. The molecule has 0 spiro atoms. The molecule has 0 aliphatic rings. The summed E-state index contributed by atoms with van der Waals surface area (Å²) in [4.78, 5) is 12.3. The lowest BCUT2D eigenvalue weighted by atomic mass is 10.1. The van der Waals surface area contributed by atoms with Crippen LogP contribution in [0.2, 0.25) is 0 Å². The van der Waals surface area contributed by atoms with Gasteiger partial charge in [-0.3, -0.25) is 4.79 Å². The number of para-hydroxylation sites is 1. The van der Waals surface area contributed by atoms with Crippen LogP contribution < -0.4 is 20.5 Å². The van der Waals surface area contributed by atoms with Crippen LogP contribution in [0, 0.1) is 0 Å². The molecule has 0 aromatic heterocycles. The normalized spacial score (nSPS) is 10.0. The van der Waals surface area contributed by atoms with Gasteiger partial charge in [0.05, 0.1) is 19.8 Å². The number of rotatable bonds is 5. The molecule has 0 aliphatic carbocycles. The van der Waals surface area contributed by atoms with Gasteiger partial charge in [0.15, 0.2) is 11.5 Å². The van der Waals surface area contributed by atoms with E-state index in [1.807, 2.05) is 12.1 Å². The predicted octanol–water partition coefficient (Wildman–Crippen LogP) is 2.22. The molecule has 0 fully saturated rings. The molecule has 0 aliphatic heterocycles. The van der Waals surface area contributed by atoms with Crippen molar-refractivity contribution in [1.29, 1.82) is 0 Å². The maximum absolute atomic E-state index is 12.3. The monoisotopic (exact) mass is 286 g/mol. The van der Waals surface area contributed by atoms with Crippen molar-refractivity contribution >= 4 is 11.6 Å². The van der Waals surface area contributed by atoms with Gasteiger partial charge in [0.25, 0.3) is 5.91 Å². The smallest absolute Gasteiger partial charge is 0.255 e. The van der Waals surface area contributed by atoms with Crippen LogP contribution in [-0.2, 0) is 6.54 Å². The first-order valence-corrected chi connectivity index (χ1v) is 6.49. The van der Waals surface area contributed by atoms with Gasteiger partial charge in [0, 0.05) is 12.2 Å². The van der Waals surface area contributed by atoms with Gasteiger partial charge >= 0.3 is 0 Å². The number of nitrogen functional groups attached to an aromatic ring is 1. The zero-order valence-electron chi connectivity index (χ0n) is 12.1. The summed E-state index contributed by atoms with van der Waals surface area (Å²) in [5, 5.41) is 2.85. The molecule has 0 unspecified atom stereocenters. The van der Waals surface area contributed by atoms with Crippen LogP contribution in [0.15, 0.2) is 42.5 Å². The second-order valence-electron chi connectivity index (χ2n) is 4.47. The highest BCUT2D eigenvalue weighted by Crippen LogP contribution is 2.30. The summed E-state index contributed by atoms with van der Waals surface area (Å²) in [7, 11) is 3.04. The first kappa shape index (κ1) is 14.7. The Hall–Kier alpha value is -2.69. The van der Waals surface area contributed by atoms with E-state index >= 15 is 0 Å². The third kappa shape index (κ3) is 3.45. The summed E-state index contributed by atoms with van der Waals surface area (Å²) in [6.07, 6.45) is 0. The Labute approximate surface area is 123 Å². The van der Waals surface area contributed by atoms with E-state index in [4.69, 9.17) is 15.2 Å². The molecule has 2 aromatic rings. The Balaban J connectivity index is 2.11. The lowest BCUT2D eigenvalue weighted by molar-refractivity contribution is 0.0947. The summed E-state index contributed by atoms with van der Waals surface area (Å²) in [6.45, 7) is 0.416. The molecule has 0 saturated heterocycles. The summed E-state index contributed by atoms with van der Waals surface area (Å²) >= 11 is 0. The Bertz CT molecular complexity index is 624. The Kier molecular flexibility index (Phi) is 4.66. The van der Waals surface area contributed by atoms with Crippen molar-refractivity contribution in [1.82, 2.24) is 5.32 Å². The molecule has 0 radical (unpaired) electrons. The maximum Gasteiger partial charge on any atom is 0.255 e. The van der Waals surface area contributed by atoms with E-state index in [1.165, 1.54) is 14.2 Å². The largest absolute Gasteiger partial charge is 0.493 e. The van der Waals surface area contributed by atoms with Crippen LogP contribution in [0.1, 0.15) is 15.9 Å². The number of methoxy groups -OCH3 is 2. The first-order chi connectivity index (χ1) is 10.2. The molecule has 0 saturated carbocycles. The summed E-state index contributed by atoms with van der Waals surface area (Å²) in [5.41, 5.74) is 7.73.